The molecule has 0 radical (unpaired) electrons. The SMILES string of the molecule is CC(C)(C)OC(=O)N1[C@H]([C@@H](O)CCC=O)COC1(C)C. The predicted molar refractivity (Wildman–Crippen MR) is 73.2 cm³/mol. The summed E-state index contributed by atoms with van der Waals surface area (Å²) >= 11 is 0. The molecule has 0 bridgehead atoms. The lowest BCUT2D eigenvalue weighted by molar-refractivity contribution is -0.108. The first kappa shape index (κ1) is 16.9. The topological polar surface area (TPSA) is 76.1 Å². The first-order chi connectivity index (χ1) is 9.08. The molecule has 0 aliphatic carbocycles. The van der Waals surface area contributed by atoms with Gasteiger partial charge in [-0.1, -0.05) is 0 Å². The first-order valence-corrected chi connectivity index (χ1v) is 6.86. The van der Waals surface area contributed by atoms with Gasteiger partial charge in [-0.15, -0.1) is 0 Å². The number of ether oxygens (including phenoxy) is 2. The van der Waals surface area contributed by atoms with Crippen LogP contribution in [-0.2, 0) is 14.3 Å². The molecule has 2 atom stereocenters. The minimum atomic E-state index is -0.838. The Morgan fingerprint density at radius 1 is 1.55 bits per heavy atom. The van der Waals surface area contributed by atoms with Gasteiger partial charge in [0.25, 0.3) is 0 Å². The highest BCUT2D eigenvalue weighted by Crippen LogP contribution is 2.31. The molecule has 1 fully saturated rings. The van der Waals surface area contributed by atoms with Crippen LogP contribution >= 0.6 is 0 Å². The van der Waals surface area contributed by atoms with Crippen LogP contribution in [0.5, 0.6) is 0 Å². The molecule has 1 heterocycles. The molecule has 1 N–H and O–H groups in total. The Morgan fingerprint density at radius 2 is 2.15 bits per heavy atom. The molecule has 0 saturated carbocycles. The standard InChI is InChI=1S/C14H25NO5/c1-13(2,3)20-12(18)15-10(9-19-14(15,4)5)11(17)7-6-8-16/h8,10-11,17H,6-7,9H2,1-5H3/t10-,11-/m0/s1. The Hall–Kier alpha value is -1.14. The smallest absolute Gasteiger partial charge is 0.412 e. The zero-order chi connectivity index (χ0) is 15.6. The lowest BCUT2D eigenvalue weighted by Gasteiger charge is -2.36. The summed E-state index contributed by atoms with van der Waals surface area (Å²) in [5, 5.41) is 10.1. The van der Waals surface area contributed by atoms with Crippen molar-refractivity contribution in [1.29, 1.82) is 0 Å². The van der Waals surface area contributed by atoms with E-state index in [1.54, 1.807) is 34.6 Å². The van der Waals surface area contributed by atoms with E-state index in [9.17, 15) is 14.7 Å². The van der Waals surface area contributed by atoms with Crippen LogP contribution in [0.15, 0.2) is 0 Å². The van der Waals surface area contributed by atoms with E-state index in [4.69, 9.17) is 9.47 Å². The number of aldehydes is 1. The van der Waals surface area contributed by atoms with Gasteiger partial charge < -0.3 is 19.4 Å². The maximum Gasteiger partial charge on any atom is 0.412 e. The summed E-state index contributed by atoms with van der Waals surface area (Å²) in [5.41, 5.74) is -1.46. The van der Waals surface area contributed by atoms with Gasteiger partial charge in [0, 0.05) is 6.42 Å². The number of rotatable bonds is 4. The third-order valence-corrected chi connectivity index (χ3v) is 3.13. The van der Waals surface area contributed by atoms with E-state index in [1.807, 2.05) is 0 Å². The van der Waals surface area contributed by atoms with Crippen molar-refractivity contribution >= 4 is 12.4 Å². The quantitative estimate of drug-likeness (QED) is 0.796. The number of aliphatic hydroxyl groups excluding tert-OH is 1. The van der Waals surface area contributed by atoms with Crippen molar-refractivity contribution < 1.29 is 24.2 Å². The zero-order valence-corrected chi connectivity index (χ0v) is 12.9. The second kappa shape index (κ2) is 6.10. The average molecular weight is 287 g/mol. The molecular weight excluding hydrogens is 262 g/mol. The molecule has 0 aromatic rings. The summed E-state index contributed by atoms with van der Waals surface area (Å²) in [5.74, 6) is 0. The fourth-order valence-corrected chi connectivity index (χ4v) is 2.21. The molecule has 1 aliphatic heterocycles. The van der Waals surface area contributed by atoms with Crippen molar-refractivity contribution in [3.05, 3.63) is 0 Å². The van der Waals surface area contributed by atoms with Crippen LogP contribution in [0.3, 0.4) is 0 Å². The Labute approximate surface area is 120 Å². The summed E-state index contributed by atoms with van der Waals surface area (Å²) < 4.78 is 10.9. The summed E-state index contributed by atoms with van der Waals surface area (Å²) in [4.78, 5) is 24.1. The van der Waals surface area contributed by atoms with Crippen LogP contribution in [0.4, 0.5) is 4.79 Å². The zero-order valence-electron chi connectivity index (χ0n) is 12.9. The molecule has 1 saturated heterocycles. The molecule has 1 aliphatic rings. The minimum absolute atomic E-state index is 0.228. The largest absolute Gasteiger partial charge is 0.444 e. The number of carbonyl (C=O) groups is 2. The van der Waals surface area contributed by atoms with Crippen LogP contribution in [0.25, 0.3) is 0 Å². The predicted octanol–water partition coefficient (Wildman–Crippen LogP) is 1.70. The van der Waals surface area contributed by atoms with Crippen LogP contribution in [0.1, 0.15) is 47.5 Å². The molecule has 6 heteroatoms. The van der Waals surface area contributed by atoms with E-state index >= 15 is 0 Å². The van der Waals surface area contributed by atoms with E-state index in [0.717, 1.165) is 6.29 Å². The lowest BCUT2D eigenvalue weighted by atomic mass is 10.1. The Balaban J connectivity index is 2.85. The number of hydrogen-bond donors (Lipinski definition) is 1. The van der Waals surface area contributed by atoms with Gasteiger partial charge in [0.15, 0.2) is 0 Å². The first-order valence-electron chi connectivity index (χ1n) is 6.86. The number of aliphatic hydroxyl groups is 1. The molecule has 0 spiro atoms. The van der Waals surface area contributed by atoms with Gasteiger partial charge in [0.1, 0.15) is 17.6 Å². The monoisotopic (exact) mass is 287 g/mol. The number of hydrogen-bond acceptors (Lipinski definition) is 5. The fraction of sp³-hybridized carbons (Fsp3) is 0.857. The van der Waals surface area contributed by atoms with Crippen molar-refractivity contribution in [3.8, 4) is 0 Å². The van der Waals surface area contributed by atoms with Crippen LogP contribution in [0.2, 0.25) is 0 Å². The van der Waals surface area contributed by atoms with Crippen molar-refractivity contribution in [2.45, 2.75) is 70.9 Å². The molecule has 20 heavy (non-hydrogen) atoms. The van der Waals surface area contributed by atoms with E-state index in [1.165, 1.54) is 4.90 Å². The van der Waals surface area contributed by atoms with Crippen LogP contribution < -0.4 is 0 Å². The summed E-state index contributed by atoms with van der Waals surface area (Å²) in [7, 11) is 0. The maximum atomic E-state index is 12.3. The molecule has 6 nitrogen and oxygen atoms in total. The molecule has 1 amide bonds. The highest BCUT2D eigenvalue weighted by atomic mass is 16.6. The Bertz CT molecular complexity index is 361. The summed E-state index contributed by atoms with van der Waals surface area (Å²) in [6, 6.07) is -0.500. The second-order valence-electron chi connectivity index (χ2n) is 6.49. The molecule has 0 aromatic carbocycles. The minimum Gasteiger partial charge on any atom is -0.444 e. The van der Waals surface area contributed by atoms with Gasteiger partial charge in [-0.2, -0.15) is 0 Å². The lowest BCUT2D eigenvalue weighted by Crippen LogP contribution is -2.53. The Morgan fingerprint density at radius 3 is 2.65 bits per heavy atom. The summed E-state index contributed by atoms with van der Waals surface area (Å²) in [6.07, 6.45) is -0.0283. The third-order valence-electron chi connectivity index (χ3n) is 3.13. The van der Waals surface area contributed by atoms with Crippen molar-refractivity contribution in [1.82, 2.24) is 4.90 Å². The Kier molecular flexibility index (Phi) is 5.15. The van der Waals surface area contributed by atoms with Crippen LogP contribution in [0, 0.1) is 0 Å². The number of amides is 1. The highest BCUT2D eigenvalue weighted by Gasteiger charge is 2.48. The maximum absolute atomic E-state index is 12.3. The second-order valence-corrected chi connectivity index (χ2v) is 6.49. The average Bonchev–Trinajstić information content (AvgIpc) is 2.59. The molecule has 0 aromatic heterocycles. The van der Waals surface area contributed by atoms with E-state index in [0.29, 0.717) is 6.42 Å². The molecule has 0 unspecified atom stereocenters. The third kappa shape index (κ3) is 4.18. The van der Waals surface area contributed by atoms with Gasteiger partial charge >= 0.3 is 6.09 Å². The molecule has 116 valence electrons. The normalized spacial score (nSPS) is 23.5. The molecular formula is C14H25NO5. The van der Waals surface area contributed by atoms with Gasteiger partial charge in [-0.25, -0.2) is 4.79 Å². The van der Waals surface area contributed by atoms with Crippen molar-refractivity contribution in [3.63, 3.8) is 0 Å². The van der Waals surface area contributed by atoms with Gasteiger partial charge in [-0.3, -0.25) is 4.90 Å². The van der Waals surface area contributed by atoms with Crippen molar-refractivity contribution in [2.75, 3.05) is 6.61 Å². The fourth-order valence-electron chi connectivity index (χ4n) is 2.21. The number of nitrogens with zero attached hydrogens (tertiary/aromatic N) is 1. The highest BCUT2D eigenvalue weighted by molar-refractivity contribution is 5.70. The van der Waals surface area contributed by atoms with E-state index in [2.05, 4.69) is 0 Å². The molecule has 1 rings (SSSR count). The van der Waals surface area contributed by atoms with Gasteiger partial charge in [-0.05, 0) is 41.0 Å². The van der Waals surface area contributed by atoms with Gasteiger partial charge in [0.05, 0.1) is 18.8 Å². The number of carbonyl (C=O) groups excluding carboxylic acids is 2. The van der Waals surface area contributed by atoms with E-state index in [-0.39, 0.29) is 13.0 Å². The van der Waals surface area contributed by atoms with Crippen molar-refractivity contribution in [2.24, 2.45) is 0 Å². The van der Waals surface area contributed by atoms with Gasteiger partial charge in [0.2, 0.25) is 0 Å². The van der Waals surface area contributed by atoms with Crippen LogP contribution in [-0.4, -0.2) is 52.5 Å². The summed E-state index contributed by atoms with van der Waals surface area (Å²) in [6.45, 7) is 9.09. The van der Waals surface area contributed by atoms with E-state index < -0.39 is 29.6 Å².